The van der Waals surface area contributed by atoms with Crippen molar-refractivity contribution in [3.63, 3.8) is 0 Å². The maximum atomic E-state index is 12.8. The summed E-state index contributed by atoms with van der Waals surface area (Å²) < 4.78 is 0. The minimum absolute atomic E-state index is 0.0517. The number of hydrogen-bond acceptors (Lipinski definition) is 9. The second kappa shape index (κ2) is 9.32. The fourth-order valence-corrected chi connectivity index (χ4v) is 5.71. The van der Waals surface area contributed by atoms with Crippen molar-refractivity contribution in [1.29, 1.82) is 0 Å². The molecule has 32 heavy (non-hydrogen) atoms. The van der Waals surface area contributed by atoms with Crippen molar-refractivity contribution < 1.29 is 24.6 Å². The number of carbonyl (C=O) groups excluding carboxylic acids is 2. The Bertz CT molecular complexity index is 1060. The summed E-state index contributed by atoms with van der Waals surface area (Å²) in [7, 11) is 0. The molecule has 1 fully saturated rings. The van der Waals surface area contributed by atoms with Crippen molar-refractivity contribution in [3.8, 4) is 0 Å². The summed E-state index contributed by atoms with van der Waals surface area (Å²) in [5.41, 5.74) is 7.81. The van der Waals surface area contributed by atoms with Crippen LogP contribution in [0.5, 0.6) is 0 Å². The normalized spacial score (nSPS) is 21.1. The molecule has 3 atom stereocenters. The number of amides is 2. The highest BCUT2D eigenvalue weighted by atomic mass is 32.2. The molecular weight excluding hydrogens is 456 g/mol. The highest BCUT2D eigenvalue weighted by Crippen LogP contribution is 2.41. The molecule has 2 aromatic rings. The number of nitrogens with two attached hydrogens (primary N) is 1. The molecule has 0 bridgehead atoms. The van der Waals surface area contributed by atoms with E-state index in [1.807, 2.05) is 0 Å². The van der Waals surface area contributed by atoms with Gasteiger partial charge in [0.25, 0.3) is 5.91 Å². The van der Waals surface area contributed by atoms with E-state index in [-0.39, 0.29) is 12.3 Å². The number of carboxylic acids is 1. The Morgan fingerprint density at radius 3 is 2.75 bits per heavy atom. The average molecular weight is 477 g/mol. The summed E-state index contributed by atoms with van der Waals surface area (Å²) in [6.07, 6.45) is 1.53. The van der Waals surface area contributed by atoms with E-state index in [2.05, 4.69) is 20.7 Å². The van der Waals surface area contributed by atoms with Crippen LogP contribution >= 0.6 is 23.5 Å². The third kappa shape index (κ3) is 4.24. The van der Waals surface area contributed by atoms with Gasteiger partial charge in [-0.2, -0.15) is 10.3 Å². The van der Waals surface area contributed by atoms with Gasteiger partial charge in [0.05, 0.1) is 12.8 Å². The number of fused-ring (bicyclic) bond motifs is 1. The fourth-order valence-electron chi connectivity index (χ4n) is 3.44. The molecule has 0 spiro atoms. The monoisotopic (exact) mass is 476 g/mol. The van der Waals surface area contributed by atoms with Gasteiger partial charge in [0.1, 0.15) is 28.2 Å². The number of aromatic amines is 1. The molecule has 0 aliphatic carbocycles. The number of rotatable bonds is 8. The van der Waals surface area contributed by atoms with Gasteiger partial charge in [-0.1, -0.05) is 36.0 Å². The molecule has 1 aromatic heterocycles. The van der Waals surface area contributed by atoms with Crippen LogP contribution < -0.4 is 11.1 Å². The molecule has 1 aromatic carbocycles. The number of β-lactam (4-membered cyclic amide) rings is 1. The quantitative estimate of drug-likeness (QED) is 0.254. The Morgan fingerprint density at radius 2 is 2.12 bits per heavy atom. The number of thioether (sulfide) groups is 2. The summed E-state index contributed by atoms with van der Waals surface area (Å²) in [6.45, 7) is -0.120. The van der Waals surface area contributed by atoms with Crippen LogP contribution in [0.15, 0.2) is 46.8 Å². The van der Waals surface area contributed by atoms with Crippen molar-refractivity contribution in [1.82, 2.24) is 25.6 Å². The second-order valence-electron chi connectivity index (χ2n) is 7.13. The molecular formula is C19H20N6O5S2. The van der Waals surface area contributed by atoms with Gasteiger partial charge in [-0.05, 0) is 16.7 Å². The molecule has 1 saturated heterocycles. The Kier molecular flexibility index (Phi) is 6.50. The van der Waals surface area contributed by atoms with Crippen molar-refractivity contribution in [2.75, 3.05) is 11.5 Å². The number of aliphatic carboxylic acids is 1. The van der Waals surface area contributed by atoms with Gasteiger partial charge in [0, 0.05) is 11.5 Å². The molecule has 3 heterocycles. The second-order valence-corrected chi connectivity index (χ2v) is 9.23. The van der Waals surface area contributed by atoms with Crippen molar-refractivity contribution >= 4 is 41.3 Å². The van der Waals surface area contributed by atoms with Gasteiger partial charge in [-0.15, -0.1) is 16.9 Å². The summed E-state index contributed by atoms with van der Waals surface area (Å²) in [5.74, 6) is -1.45. The Balaban J connectivity index is 1.44. The minimum atomic E-state index is -1.19. The van der Waals surface area contributed by atoms with E-state index in [1.54, 1.807) is 24.3 Å². The average Bonchev–Trinajstić information content (AvgIpc) is 3.33. The van der Waals surface area contributed by atoms with Gasteiger partial charge in [0.15, 0.2) is 0 Å². The van der Waals surface area contributed by atoms with Crippen LogP contribution in [-0.2, 0) is 21.0 Å². The lowest BCUT2D eigenvalue weighted by molar-refractivity contribution is -0.150. The molecule has 13 heteroatoms. The van der Waals surface area contributed by atoms with Crippen LogP contribution in [-0.4, -0.2) is 71.2 Å². The maximum Gasteiger partial charge on any atom is 0.352 e. The minimum Gasteiger partial charge on any atom is -0.477 e. The number of carboxylic acid groups (broad SMARTS) is 1. The number of aliphatic hydroxyl groups is 1. The first-order valence-corrected chi connectivity index (χ1v) is 11.6. The lowest BCUT2D eigenvalue weighted by Crippen LogP contribution is -2.71. The third-order valence-corrected chi connectivity index (χ3v) is 7.46. The van der Waals surface area contributed by atoms with Crippen LogP contribution in [0.2, 0.25) is 0 Å². The number of aromatic nitrogens is 3. The highest BCUT2D eigenvalue weighted by Gasteiger charge is 2.54. The molecule has 11 nitrogen and oxygen atoms in total. The topological polar surface area (TPSA) is 175 Å². The lowest BCUT2D eigenvalue weighted by atomic mass is 10.0. The number of hydrogen-bond donors (Lipinski definition) is 5. The largest absolute Gasteiger partial charge is 0.477 e. The molecule has 168 valence electrons. The molecule has 6 N–H and O–H groups in total. The summed E-state index contributed by atoms with van der Waals surface area (Å²) in [6, 6.07) is 4.77. The van der Waals surface area contributed by atoms with Gasteiger partial charge >= 0.3 is 5.97 Å². The van der Waals surface area contributed by atoms with E-state index in [0.717, 1.165) is 0 Å². The molecule has 2 amide bonds. The standard InChI is InChI=1S/C19H20N6O5S2/c20-13(10-3-1-9(6-26)2-4-10)16(27)22-14-17(28)25-15(19(29)30)11(8-32-18(14)25)7-31-12-5-21-24-23-12/h1-5,13-14,18,26H,6-8,20H2,(H,22,27)(H,29,30)(H,21,23,24)/t13?,14?,18-/m0/s1. The summed E-state index contributed by atoms with van der Waals surface area (Å²) >= 11 is 2.71. The molecule has 2 unspecified atom stereocenters. The predicted octanol–water partition coefficient (Wildman–Crippen LogP) is -0.172. The number of H-pyrrole nitrogens is 1. The molecule has 2 aliphatic rings. The smallest absolute Gasteiger partial charge is 0.352 e. The SMILES string of the molecule is NC(C(=O)NC1C(=O)N2C(C(=O)O)=C(CSc3cn[nH]n3)CS[C@@H]12)c1ccc(CO)cc1. The third-order valence-electron chi connectivity index (χ3n) is 5.14. The van der Waals surface area contributed by atoms with Crippen molar-refractivity contribution in [3.05, 3.63) is 52.9 Å². The molecule has 0 saturated carbocycles. The Morgan fingerprint density at radius 1 is 1.38 bits per heavy atom. The van der Waals surface area contributed by atoms with Gasteiger partial charge in [-0.3, -0.25) is 14.5 Å². The van der Waals surface area contributed by atoms with Crippen molar-refractivity contribution in [2.45, 2.75) is 29.1 Å². The first-order chi connectivity index (χ1) is 15.4. The first kappa shape index (κ1) is 22.3. The Hall–Kier alpha value is -2.87. The zero-order valence-corrected chi connectivity index (χ0v) is 18.2. The number of aliphatic hydroxyl groups excluding tert-OH is 1. The first-order valence-electron chi connectivity index (χ1n) is 9.55. The summed E-state index contributed by atoms with van der Waals surface area (Å²) in [5, 5.41) is 31.7. The van der Waals surface area contributed by atoms with Crippen LogP contribution in [0.25, 0.3) is 0 Å². The van der Waals surface area contributed by atoms with Crippen LogP contribution in [0.4, 0.5) is 0 Å². The number of benzene rings is 1. The summed E-state index contributed by atoms with van der Waals surface area (Å²) in [4.78, 5) is 38.5. The van der Waals surface area contributed by atoms with E-state index in [9.17, 15) is 19.5 Å². The molecule has 2 aliphatic heterocycles. The van der Waals surface area contributed by atoms with Crippen LogP contribution in [0, 0.1) is 0 Å². The number of nitrogens with zero attached hydrogens (tertiary/aromatic N) is 3. The fraction of sp³-hybridized carbons (Fsp3) is 0.316. The van der Waals surface area contributed by atoms with Crippen LogP contribution in [0.3, 0.4) is 0 Å². The number of nitrogens with one attached hydrogen (secondary N) is 2. The maximum absolute atomic E-state index is 12.8. The van der Waals surface area contributed by atoms with Gasteiger partial charge in [-0.25, -0.2) is 4.79 Å². The highest BCUT2D eigenvalue weighted by molar-refractivity contribution is 8.01. The van der Waals surface area contributed by atoms with Gasteiger partial charge in [0.2, 0.25) is 5.91 Å². The number of carbonyl (C=O) groups is 3. The van der Waals surface area contributed by atoms with E-state index in [4.69, 9.17) is 10.8 Å². The van der Waals surface area contributed by atoms with Gasteiger partial charge < -0.3 is 21.3 Å². The van der Waals surface area contributed by atoms with Crippen LogP contribution in [0.1, 0.15) is 17.2 Å². The van der Waals surface area contributed by atoms with E-state index >= 15 is 0 Å². The van der Waals surface area contributed by atoms with E-state index in [1.165, 1.54) is 34.6 Å². The van der Waals surface area contributed by atoms with E-state index < -0.39 is 35.2 Å². The van der Waals surface area contributed by atoms with Crippen molar-refractivity contribution in [2.24, 2.45) is 5.73 Å². The van der Waals surface area contributed by atoms with E-state index in [0.29, 0.717) is 33.2 Å². The predicted molar refractivity (Wildman–Crippen MR) is 116 cm³/mol. The molecule has 0 radical (unpaired) electrons. The zero-order chi connectivity index (χ0) is 22.8. The zero-order valence-electron chi connectivity index (χ0n) is 16.6. The Labute approximate surface area is 190 Å². The molecule has 4 rings (SSSR count). The lowest BCUT2D eigenvalue weighted by Gasteiger charge is -2.49.